The van der Waals surface area contributed by atoms with Crippen LogP contribution in [0.4, 0.5) is 19.1 Å². The van der Waals surface area contributed by atoms with Crippen molar-refractivity contribution in [2.75, 3.05) is 0 Å². The van der Waals surface area contributed by atoms with Crippen LogP contribution < -0.4 is 4.74 Å². The maximum atomic E-state index is 13.8. The first kappa shape index (κ1) is 24.7. The normalized spacial score (nSPS) is 11.4. The predicted octanol–water partition coefficient (Wildman–Crippen LogP) is 7.23. The first-order valence-electron chi connectivity index (χ1n) is 11.3. The van der Waals surface area contributed by atoms with E-state index in [2.05, 4.69) is 4.98 Å². The number of ketones is 1. The van der Waals surface area contributed by atoms with Crippen LogP contribution in [0.3, 0.4) is 0 Å². The van der Waals surface area contributed by atoms with Crippen molar-refractivity contribution in [3.05, 3.63) is 124 Å². The molecule has 0 aliphatic rings. The molecule has 0 amide bonds. The molecule has 7 nitrogen and oxygen atoms in total. The largest absolute Gasteiger partial charge is 0.486 e. The van der Waals surface area contributed by atoms with Crippen molar-refractivity contribution in [3.8, 4) is 16.9 Å². The average molecular weight is 518 g/mol. The molecule has 0 bridgehead atoms. The summed E-state index contributed by atoms with van der Waals surface area (Å²) >= 11 is 0. The monoisotopic (exact) mass is 518 g/mol. The second kappa shape index (κ2) is 9.81. The number of aromatic nitrogens is 1. The van der Waals surface area contributed by atoms with E-state index in [1.807, 2.05) is 0 Å². The highest BCUT2D eigenvalue weighted by molar-refractivity contribution is 6.16. The summed E-state index contributed by atoms with van der Waals surface area (Å²) in [6.45, 7) is -0.123. The van der Waals surface area contributed by atoms with Crippen LogP contribution >= 0.6 is 0 Å². The minimum absolute atomic E-state index is 0.123. The zero-order chi connectivity index (χ0) is 26.9. The smallest absolute Gasteiger partial charge is 0.433 e. The Morgan fingerprint density at radius 2 is 1.74 bits per heavy atom. The molecule has 190 valence electrons. The standard InChI is InChI=1S/C28H17F3N2O5/c29-28(30,31)23-11-5-10-21-25(22(15-32-26(21)23)27(34)17-6-2-1-3-7-17)18-8-4-9-19(14-18)37-16-20-12-13-24(38-20)33(35)36/h1-15H,16H2. The first-order chi connectivity index (χ1) is 18.2. The number of halogens is 3. The maximum absolute atomic E-state index is 13.8. The summed E-state index contributed by atoms with van der Waals surface area (Å²) in [4.78, 5) is 27.7. The summed E-state index contributed by atoms with van der Waals surface area (Å²) in [5.74, 6) is -0.297. The third-order valence-electron chi connectivity index (χ3n) is 5.81. The van der Waals surface area contributed by atoms with E-state index in [0.29, 0.717) is 16.9 Å². The Morgan fingerprint density at radius 3 is 2.45 bits per heavy atom. The van der Waals surface area contributed by atoms with Crippen LogP contribution in [0.2, 0.25) is 0 Å². The molecule has 5 aromatic rings. The number of nitrogens with zero attached hydrogens (tertiary/aromatic N) is 2. The number of hydrogen-bond acceptors (Lipinski definition) is 6. The lowest BCUT2D eigenvalue weighted by Crippen LogP contribution is -2.09. The summed E-state index contributed by atoms with van der Waals surface area (Å²) in [7, 11) is 0. The van der Waals surface area contributed by atoms with E-state index in [0.717, 1.165) is 12.3 Å². The van der Waals surface area contributed by atoms with E-state index in [4.69, 9.17) is 9.15 Å². The molecule has 0 unspecified atom stereocenters. The SMILES string of the molecule is O=C(c1ccccc1)c1cnc2c(C(F)(F)F)cccc2c1-c1cccc(OCc2ccc([N+](=O)[O-])o2)c1. The number of benzene rings is 3. The zero-order valence-corrected chi connectivity index (χ0v) is 19.4. The molecule has 38 heavy (non-hydrogen) atoms. The molecule has 0 aliphatic heterocycles. The fourth-order valence-electron chi connectivity index (χ4n) is 4.12. The summed E-state index contributed by atoms with van der Waals surface area (Å²) in [6, 6.07) is 21.2. The topological polar surface area (TPSA) is 95.5 Å². The predicted molar refractivity (Wildman–Crippen MR) is 132 cm³/mol. The second-order valence-electron chi connectivity index (χ2n) is 8.26. The molecular weight excluding hydrogens is 501 g/mol. The van der Waals surface area contributed by atoms with Crippen LogP contribution in [0.1, 0.15) is 27.2 Å². The Bertz CT molecular complexity index is 1660. The van der Waals surface area contributed by atoms with Gasteiger partial charge in [0.05, 0.1) is 17.1 Å². The van der Waals surface area contributed by atoms with Crippen molar-refractivity contribution >= 4 is 22.6 Å². The molecule has 0 atom stereocenters. The number of rotatable bonds is 7. The molecule has 0 radical (unpaired) electrons. The van der Waals surface area contributed by atoms with Crippen molar-refractivity contribution in [2.45, 2.75) is 12.8 Å². The third-order valence-corrected chi connectivity index (χ3v) is 5.81. The Morgan fingerprint density at radius 1 is 0.974 bits per heavy atom. The maximum Gasteiger partial charge on any atom is 0.433 e. The van der Waals surface area contributed by atoms with Gasteiger partial charge in [0, 0.05) is 28.3 Å². The van der Waals surface area contributed by atoms with Gasteiger partial charge in [-0.15, -0.1) is 0 Å². The number of carbonyl (C=O) groups excluding carboxylic acids is 1. The second-order valence-corrected chi connectivity index (χ2v) is 8.26. The fourth-order valence-corrected chi connectivity index (χ4v) is 4.12. The number of carbonyl (C=O) groups is 1. The summed E-state index contributed by atoms with van der Waals surface area (Å²) in [5, 5.41) is 11.0. The van der Waals surface area contributed by atoms with Crippen LogP contribution in [-0.4, -0.2) is 15.7 Å². The van der Waals surface area contributed by atoms with E-state index < -0.39 is 28.3 Å². The van der Waals surface area contributed by atoms with Gasteiger partial charge >= 0.3 is 12.1 Å². The minimum atomic E-state index is -4.65. The zero-order valence-electron chi connectivity index (χ0n) is 19.4. The number of alkyl halides is 3. The fraction of sp³-hybridized carbons (Fsp3) is 0.0714. The van der Waals surface area contributed by atoms with Crippen molar-refractivity contribution in [1.82, 2.24) is 4.98 Å². The van der Waals surface area contributed by atoms with Crippen molar-refractivity contribution in [3.63, 3.8) is 0 Å². The number of fused-ring (bicyclic) bond motifs is 1. The first-order valence-corrected chi connectivity index (χ1v) is 11.3. The number of hydrogen-bond donors (Lipinski definition) is 0. The van der Waals surface area contributed by atoms with Gasteiger partial charge in [-0.25, -0.2) is 0 Å². The lowest BCUT2D eigenvalue weighted by molar-refractivity contribution is -0.402. The lowest BCUT2D eigenvalue weighted by Gasteiger charge is -2.16. The quantitative estimate of drug-likeness (QED) is 0.128. The Kier molecular flexibility index (Phi) is 6.38. The molecule has 0 saturated carbocycles. The van der Waals surface area contributed by atoms with E-state index in [9.17, 15) is 28.1 Å². The Balaban J connectivity index is 1.62. The molecule has 0 saturated heterocycles. The van der Waals surface area contributed by atoms with Gasteiger partial charge in [-0.05, 0) is 29.8 Å². The number of para-hydroxylation sites is 1. The molecule has 0 N–H and O–H groups in total. The van der Waals surface area contributed by atoms with E-state index in [1.165, 1.54) is 24.3 Å². The van der Waals surface area contributed by atoms with E-state index >= 15 is 0 Å². The molecule has 0 fully saturated rings. The average Bonchev–Trinajstić information content (AvgIpc) is 3.40. The molecule has 5 rings (SSSR count). The van der Waals surface area contributed by atoms with Gasteiger partial charge in [0.1, 0.15) is 23.0 Å². The van der Waals surface area contributed by atoms with E-state index in [-0.39, 0.29) is 34.4 Å². The molecule has 3 aromatic carbocycles. The van der Waals surface area contributed by atoms with Gasteiger partial charge in [-0.1, -0.05) is 54.6 Å². The van der Waals surface area contributed by atoms with Crippen LogP contribution in [-0.2, 0) is 12.8 Å². The van der Waals surface area contributed by atoms with Gasteiger partial charge < -0.3 is 9.15 Å². The van der Waals surface area contributed by atoms with Gasteiger partial charge in [-0.3, -0.25) is 19.9 Å². The van der Waals surface area contributed by atoms with Crippen molar-refractivity contribution in [2.24, 2.45) is 0 Å². The highest BCUT2D eigenvalue weighted by Crippen LogP contribution is 2.39. The Hall–Kier alpha value is -4.99. The van der Waals surface area contributed by atoms with Crippen LogP contribution in [0, 0.1) is 10.1 Å². The number of ether oxygens (including phenoxy) is 1. The van der Waals surface area contributed by atoms with Gasteiger partial charge in [0.25, 0.3) is 0 Å². The molecule has 10 heteroatoms. The number of pyridine rings is 1. The molecular formula is C28H17F3N2O5. The molecule has 2 heterocycles. The van der Waals surface area contributed by atoms with E-state index in [1.54, 1.807) is 54.6 Å². The highest BCUT2D eigenvalue weighted by Gasteiger charge is 2.34. The lowest BCUT2D eigenvalue weighted by atomic mass is 9.91. The molecule has 2 aromatic heterocycles. The summed E-state index contributed by atoms with van der Waals surface area (Å²) < 4.78 is 52.2. The van der Waals surface area contributed by atoms with Gasteiger partial charge in [0.2, 0.25) is 0 Å². The summed E-state index contributed by atoms with van der Waals surface area (Å²) in [5.41, 5.74) is -0.0147. The Labute approximate surface area is 213 Å². The number of nitro groups is 1. The highest BCUT2D eigenvalue weighted by atomic mass is 19.4. The number of furan rings is 1. The van der Waals surface area contributed by atoms with Gasteiger partial charge in [0.15, 0.2) is 5.78 Å². The molecule has 0 aliphatic carbocycles. The van der Waals surface area contributed by atoms with Crippen LogP contribution in [0.5, 0.6) is 5.75 Å². The van der Waals surface area contributed by atoms with Crippen molar-refractivity contribution < 1.29 is 32.0 Å². The minimum Gasteiger partial charge on any atom is -0.486 e. The molecule has 0 spiro atoms. The van der Waals surface area contributed by atoms with Crippen LogP contribution in [0.15, 0.2) is 95.5 Å². The van der Waals surface area contributed by atoms with Crippen LogP contribution in [0.25, 0.3) is 22.0 Å². The van der Waals surface area contributed by atoms with Gasteiger partial charge in [-0.2, -0.15) is 13.2 Å². The summed E-state index contributed by atoms with van der Waals surface area (Å²) in [6.07, 6.45) is -3.48. The van der Waals surface area contributed by atoms with Crippen molar-refractivity contribution in [1.29, 1.82) is 0 Å². The third kappa shape index (κ3) is 4.83.